The smallest absolute Gasteiger partial charge is 0.241 e. The molecule has 0 aromatic heterocycles. The third kappa shape index (κ3) is 7.52. The lowest BCUT2D eigenvalue weighted by Gasteiger charge is -2.20. The van der Waals surface area contributed by atoms with Crippen molar-refractivity contribution in [2.75, 3.05) is 27.2 Å². The number of carbonyl (C=O) groups excluding carboxylic acids is 1. The molecule has 2 atom stereocenters. The number of fused-ring (bicyclic) bond motifs is 1. The maximum absolute atomic E-state index is 12.1. The summed E-state index contributed by atoms with van der Waals surface area (Å²) in [4.78, 5) is 18.4. The van der Waals surface area contributed by atoms with Gasteiger partial charge >= 0.3 is 0 Å². The van der Waals surface area contributed by atoms with Crippen molar-refractivity contribution >= 4 is 35.8 Å². The van der Waals surface area contributed by atoms with Crippen LogP contribution in [0.1, 0.15) is 43.5 Å². The predicted molar refractivity (Wildman–Crippen MR) is 143 cm³/mol. The largest absolute Gasteiger partial charge is 0.494 e. The van der Waals surface area contributed by atoms with Crippen LogP contribution in [0.3, 0.4) is 0 Å². The van der Waals surface area contributed by atoms with E-state index in [0.29, 0.717) is 19.1 Å². The number of guanidine groups is 1. The number of ether oxygens (including phenoxy) is 2. The van der Waals surface area contributed by atoms with E-state index < -0.39 is 0 Å². The Bertz CT molecular complexity index is 950. The average molecular weight is 566 g/mol. The van der Waals surface area contributed by atoms with E-state index in [1.807, 2.05) is 31.2 Å². The summed E-state index contributed by atoms with van der Waals surface area (Å²) in [6.07, 6.45) is 1.05. The van der Waals surface area contributed by atoms with Gasteiger partial charge in [0.1, 0.15) is 17.6 Å². The molecule has 0 spiro atoms. The highest BCUT2D eigenvalue weighted by molar-refractivity contribution is 14.0. The second-order valence-electron chi connectivity index (χ2n) is 8.22. The topological polar surface area (TPSA) is 75.2 Å². The second-order valence-corrected chi connectivity index (χ2v) is 8.22. The first kappa shape index (κ1) is 26.8. The zero-order chi connectivity index (χ0) is 23.1. The van der Waals surface area contributed by atoms with E-state index >= 15 is 0 Å². The molecule has 1 amide bonds. The van der Waals surface area contributed by atoms with E-state index in [0.717, 1.165) is 29.0 Å². The Hall–Kier alpha value is -2.49. The van der Waals surface area contributed by atoms with Crippen LogP contribution >= 0.6 is 24.0 Å². The standard InChI is InChI=1S/C25H34N4O3.HI/c1-6-31-22-13-20-12-17(2)32-23(20)14-21(22)15-26-25(27-16-24(30)29(4)5)28-18(3)19-10-8-7-9-11-19;/h7-11,13-14,17-18H,6,12,15-16H2,1-5H3,(H2,26,27,28);1H. The molecule has 1 aliphatic rings. The van der Waals surface area contributed by atoms with Gasteiger partial charge in [-0.1, -0.05) is 30.3 Å². The summed E-state index contributed by atoms with van der Waals surface area (Å²) in [6, 6.07) is 14.2. The monoisotopic (exact) mass is 566 g/mol. The number of benzene rings is 2. The van der Waals surface area contributed by atoms with Crippen molar-refractivity contribution in [1.82, 2.24) is 15.5 Å². The van der Waals surface area contributed by atoms with Gasteiger partial charge in [-0.15, -0.1) is 24.0 Å². The third-order valence-corrected chi connectivity index (χ3v) is 5.35. The van der Waals surface area contributed by atoms with Crippen molar-refractivity contribution in [2.24, 2.45) is 4.99 Å². The van der Waals surface area contributed by atoms with Crippen molar-refractivity contribution in [3.8, 4) is 11.5 Å². The molecule has 3 rings (SSSR count). The molecule has 0 radical (unpaired) electrons. The van der Waals surface area contributed by atoms with Crippen LogP contribution in [-0.4, -0.2) is 50.1 Å². The first-order valence-electron chi connectivity index (χ1n) is 11.1. The first-order chi connectivity index (χ1) is 15.4. The maximum atomic E-state index is 12.1. The summed E-state index contributed by atoms with van der Waals surface area (Å²) in [5, 5.41) is 6.56. The van der Waals surface area contributed by atoms with Crippen LogP contribution in [0.2, 0.25) is 0 Å². The minimum atomic E-state index is -0.0261. The van der Waals surface area contributed by atoms with Gasteiger partial charge in [0, 0.05) is 31.6 Å². The van der Waals surface area contributed by atoms with Crippen LogP contribution in [0, 0.1) is 0 Å². The summed E-state index contributed by atoms with van der Waals surface area (Å²) in [6.45, 7) is 7.24. The van der Waals surface area contributed by atoms with E-state index in [4.69, 9.17) is 14.5 Å². The molecule has 180 valence electrons. The van der Waals surface area contributed by atoms with Gasteiger partial charge in [-0.3, -0.25) is 4.79 Å². The molecule has 33 heavy (non-hydrogen) atoms. The first-order valence-corrected chi connectivity index (χ1v) is 11.1. The lowest BCUT2D eigenvalue weighted by atomic mass is 10.1. The molecule has 8 heteroatoms. The fraction of sp³-hybridized carbons (Fsp3) is 0.440. The Labute approximate surface area is 214 Å². The van der Waals surface area contributed by atoms with Crippen LogP contribution in [0.25, 0.3) is 0 Å². The van der Waals surface area contributed by atoms with E-state index in [1.54, 1.807) is 19.0 Å². The number of aliphatic imine (C=N–C) groups is 1. The summed E-state index contributed by atoms with van der Waals surface area (Å²) in [5.74, 6) is 2.26. The molecule has 2 unspecified atom stereocenters. The maximum Gasteiger partial charge on any atom is 0.241 e. The molecule has 0 saturated carbocycles. The van der Waals surface area contributed by atoms with Gasteiger partial charge < -0.3 is 25.0 Å². The highest BCUT2D eigenvalue weighted by Crippen LogP contribution is 2.35. The van der Waals surface area contributed by atoms with E-state index in [1.165, 1.54) is 5.56 Å². The van der Waals surface area contributed by atoms with Crippen molar-refractivity contribution < 1.29 is 14.3 Å². The van der Waals surface area contributed by atoms with Gasteiger partial charge in [0.25, 0.3) is 0 Å². The molecular weight excluding hydrogens is 531 g/mol. The molecule has 2 aromatic rings. The molecular formula is C25H35IN4O3. The second kappa shape index (κ2) is 12.7. The van der Waals surface area contributed by atoms with Gasteiger partial charge in [-0.25, -0.2) is 4.99 Å². The number of amides is 1. The Morgan fingerprint density at radius 3 is 2.67 bits per heavy atom. The number of nitrogens with one attached hydrogen (secondary N) is 2. The highest BCUT2D eigenvalue weighted by atomic mass is 127. The van der Waals surface area contributed by atoms with Crippen LogP contribution in [0.15, 0.2) is 47.5 Å². The molecule has 1 aliphatic heterocycles. The van der Waals surface area contributed by atoms with E-state index in [2.05, 4.69) is 42.7 Å². The molecule has 7 nitrogen and oxygen atoms in total. The minimum Gasteiger partial charge on any atom is -0.494 e. The zero-order valence-corrected chi connectivity index (χ0v) is 22.4. The van der Waals surface area contributed by atoms with E-state index in [-0.39, 0.29) is 48.6 Å². The third-order valence-electron chi connectivity index (χ3n) is 5.35. The summed E-state index contributed by atoms with van der Waals surface area (Å²) in [7, 11) is 3.47. The number of carbonyl (C=O) groups is 1. The summed E-state index contributed by atoms with van der Waals surface area (Å²) >= 11 is 0. The van der Waals surface area contributed by atoms with Gasteiger partial charge in [-0.2, -0.15) is 0 Å². The lowest BCUT2D eigenvalue weighted by molar-refractivity contribution is -0.127. The molecule has 2 aromatic carbocycles. The highest BCUT2D eigenvalue weighted by Gasteiger charge is 2.22. The quantitative estimate of drug-likeness (QED) is 0.288. The van der Waals surface area contributed by atoms with Crippen molar-refractivity contribution in [3.63, 3.8) is 0 Å². The lowest BCUT2D eigenvalue weighted by Crippen LogP contribution is -2.43. The van der Waals surface area contributed by atoms with Crippen LogP contribution in [-0.2, 0) is 17.8 Å². The molecule has 0 fully saturated rings. The fourth-order valence-electron chi connectivity index (χ4n) is 3.56. The Morgan fingerprint density at radius 2 is 2.00 bits per heavy atom. The van der Waals surface area contributed by atoms with Gasteiger partial charge in [0.2, 0.25) is 5.91 Å². The number of rotatable bonds is 8. The summed E-state index contributed by atoms with van der Waals surface area (Å²) in [5.41, 5.74) is 3.25. The Balaban J connectivity index is 0.00000385. The molecule has 2 N–H and O–H groups in total. The van der Waals surface area contributed by atoms with Gasteiger partial charge in [-0.05, 0) is 38.5 Å². The van der Waals surface area contributed by atoms with Crippen LogP contribution in [0.5, 0.6) is 11.5 Å². The SMILES string of the molecule is CCOc1cc2c(cc1CN=C(NCC(=O)N(C)C)NC(C)c1ccccc1)OC(C)C2.I. The molecule has 1 heterocycles. The molecule has 0 bridgehead atoms. The Kier molecular flexibility index (Phi) is 10.3. The van der Waals surface area contributed by atoms with Crippen LogP contribution < -0.4 is 20.1 Å². The van der Waals surface area contributed by atoms with Crippen molar-refractivity contribution in [3.05, 3.63) is 59.2 Å². The number of hydrogen-bond donors (Lipinski definition) is 2. The normalized spacial score (nSPS) is 15.5. The minimum absolute atomic E-state index is 0. The van der Waals surface area contributed by atoms with Crippen LogP contribution in [0.4, 0.5) is 0 Å². The van der Waals surface area contributed by atoms with E-state index in [9.17, 15) is 4.79 Å². The predicted octanol–water partition coefficient (Wildman–Crippen LogP) is 3.91. The molecule has 0 aliphatic carbocycles. The van der Waals surface area contributed by atoms with Crippen molar-refractivity contribution in [2.45, 2.75) is 45.9 Å². The molecule has 0 saturated heterocycles. The number of halogens is 1. The number of likely N-dealkylation sites (N-methyl/N-ethyl adjacent to an activating group) is 1. The van der Waals surface area contributed by atoms with Crippen molar-refractivity contribution in [1.29, 1.82) is 0 Å². The van der Waals surface area contributed by atoms with Gasteiger partial charge in [0.05, 0.1) is 25.7 Å². The average Bonchev–Trinajstić information content (AvgIpc) is 3.14. The Morgan fingerprint density at radius 1 is 1.27 bits per heavy atom. The fourth-order valence-corrected chi connectivity index (χ4v) is 3.56. The van der Waals surface area contributed by atoms with Gasteiger partial charge in [0.15, 0.2) is 5.96 Å². The summed E-state index contributed by atoms with van der Waals surface area (Å²) < 4.78 is 11.8. The number of nitrogens with zero attached hydrogens (tertiary/aromatic N) is 2. The zero-order valence-electron chi connectivity index (χ0n) is 20.1. The number of hydrogen-bond acceptors (Lipinski definition) is 4.